The lowest BCUT2D eigenvalue weighted by Crippen LogP contribution is -2.33. The van der Waals surface area contributed by atoms with Crippen molar-refractivity contribution in [3.05, 3.63) is 53.6 Å². The Bertz CT molecular complexity index is 772. The van der Waals surface area contributed by atoms with Crippen molar-refractivity contribution in [2.45, 2.75) is 52.6 Å². The molecule has 1 aliphatic heterocycles. The highest BCUT2D eigenvalue weighted by atomic mass is 16.1. The highest BCUT2D eigenvalue weighted by molar-refractivity contribution is 5.73. The number of hydrogen-bond acceptors (Lipinski definition) is 4. The van der Waals surface area contributed by atoms with Crippen LogP contribution in [0.5, 0.6) is 0 Å². The zero-order valence-corrected chi connectivity index (χ0v) is 18.4. The molecule has 0 radical (unpaired) electrons. The number of nitrogens with one attached hydrogen (secondary N) is 1. The highest BCUT2D eigenvalue weighted by Crippen LogP contribution is 2.33. The quantitative estimate of drug-likeness (QED) is 0.767. The van der Waals surface area contributed by atoms with Gasteiger partial charge in [0.15, 0.2) is 0 Å². The van der Waals surface area contributed by atoms with Gasteiger partial charge in [-0.1, -0.05) is 37.3 Å². The van der Waals surface area contributed by atoms with E-state index < -0.39 is 0 Å². The average molecular weight is 398 g/mol. The number of benzene rings is 2. The van der Waals surface area contributed by atoms with E-state index in [9.17, 15) is 4.79 Å². The lowest BCUT2D eigenvalue weighted by Gasteiger charge is -2.34. The summed E-state index contributed by atoms with van der Waals surface area (Å²) in [5, 5.41) is 3.19. The van der Waals surface area contributed by atoms with Crippen LogP contribution < -0.4 is 16.0 Å². The first-order chi connectivity index (χ1) is 13.9. The summed E-state index contributed by atoms with van der Waals surface area (Å²) in [6.45, 7) is 6.40. The minimum absolute atomic E-state index is 0.245. The number of anilines is 1. The first-order valence-corrected chi connectivity index (χ1v) is 10.2. The molecule has 5 nitrogen and oxygen atoms in total. The second kappa shape index (κ2) is 12.7. The van der Waals surface area contributed by atoms with Gasteiger partial charge in [-0.15, -0.1) is 0 Å². The van der Waals surface area contributed by atoms with Gasteiger partial charge in [-0.05, 0) is 68.1 Å². The molecule has 158 valence electrons. The first-order valence-electron chi connectivity index (χ1n) is 10.2. The van der Waals surface area contributed by atoms with Crippen LogP contribution in [0.25, 0.3) is 11.1 Å². The summed E-state index contributed by atoms with van der Waals surface area (Å²) in [5.41, 5.74) is 11.5. The third-order valence-electron chi connectivity index (χ3n) is 4.97. The maximum atomic E-state index is 9.59. The molecule has 0 aromatic heterocycles. The van der Waals surface area contributed by atoms with Gasteiger partial charge < -0.3 is 20.7 Å². The van der Waals surface area contributed by atoms with E-state index in [-0.39, 0.29) is 5.91 Å². The van der Waals surface area contributed by atoms with E-state index >= 15 is 0 Å². The second-order valence-corrected chi connectivity index (χ2v) is 7.12. The molecule has 0 spiro atoms. The Morgan fingerprint density at radius 2 is 1.76 bits per heavy atom. The summed E-state index contributed by atoms with van der Waals surface area (Å²) >= 11 is 0. The number of carbonyl (C=O) groups excluding carboxylic acids is 2. The number of amides is 1. The molecule has 3 N–H and O–H groups in total. The van der Waals surface area contributed by atoms with Crippen molar-refractivity contribution < 1.29 is 9.59 Å². The molecule has 0 saturated carbocycles. The molecule has 0 saturated heterocycles. The molecule has 0 unspecified atom stereocenters. The van der Waals surface area contributed by atoms with Crippen molar-refractivity contribution in [3.63, 3.8) is 0 Å². The van der Waals surface area contributed by atoms with Crippen LogP contribution in [0.4, 0.5) is 5.69 Å². The molecule has 1 atom stereocenters. The Labute approximate surface area is 175 Å². The fourth-order valence-electron chi connectivity index (χ4n) is 3.12. The van der Waals surface area contributed by atoms with E-state index in [4.69, 9.17) is 4.79 Å². The van der Waals surface area contributed by atoms with Crippen LogP contribution in [0.1, 0.15) is 44.7 Å². The van der Waals surface area contributed by atoms with Crippen molar-refractivity contribution in [1.82, 2.24) is 5.32 Å². The van der Waals surface area contributed by atoms with E-state index in [0.29, 0.717) is 12.5 Å². The Hall–Kier alpha value is -2.66. The van der Waals surface area contributed by atoms with E-state index in [0.717, 1.165) is 12.8 Å². The topological polar surface area (TPSA) is 75.4 Å². The van der Waals surface area contributed by atoms with Crippen molar-refractivity contribution in [2.75, 3.05) is 19.0 Å². The van der Waals surface area contributed by atoms with Crippen LogP contribution >= 0.6 is 0 Å². The molecule has 1 amide bonds. The molecule has 3 rings (SSSR count). The summed E-state index contributed by atoms with van der Waals surface area (Å²) in [6.07, 6.45) is 3.63. The molecular weight excluding hydrogens is 362 g/mol. The minimum Gasteiger partial charge on any atom is -0.372 e. The van der Waals surface area contributed by atoms with Crippen molar-refractivity contribution in [3.8, 4) is 11.1 Å². The molecule has 0 aliphatic carbocycles. The molecule has 2 aromatic rings. The Balaban J connectivity index is 0.000000452. The number of fused-ring (bicyclic) bond motifs is 1. The predicted molar refractivity (Wildman–Crippen MR) is 122 cm³/mol. The number of nitrogens with two attached hydrogens (primary N) is 1. The normalized spacial score (nSPS) is 14.5. The third kappa shape index (κ3) is 7.70. The van der Waals surface area contributed by atoms with Crippen molar-refractivity contribution in [2.24, 2.45) is 5.73 Å². The van der Waals surface area contributed by atoms with Gasteiger partial charge in [0.05, 0.1) is 0 Å². The number of aldehydes is 1. The highest BCUT2D eigenvalue weighted by Gasteiger charge is 2.19. The summed E-state index contributed by atoms with van der Waals surface area (Å²) < 4.78 is 0. The minimum atomic E-state index is -0.245. The van der Waals surface area contributed by atoms with Gasteiger partial charge in [0.25, 0.3) is 0 Å². The van der Waals surface area contributed by atoms with Crippen LogP contribution in [0.15, 0.2) is 42.5 Å². The second-order valence-electron chi connectivity index (χ2n) is 7.12. The standard InChI is InChI=1S/C19H24N2.C3H7NO.C2H4O/c1-14-4-7-18-12-17(10-11-19(18)21(14)3)16-8-5-15(6-9-16)13-20-2;1-2-3(4)5;1-2-3/h5-6,8-12,14,20H,4,7,13H2,1-3H3;2H2,1H3,(H2,4,5);2H,1H3/t14-;;/m0../s1. The van der Waals surface area contributed by atoms with Gasteiger partial charge in [0.1, 0.15) is 6.29 Å². The van der Waals surface area contributed by atoms with Gasteiger partial charge in [-0.2, -0.15) is 0 Å². The van der Waals surface area contributed by atoms with Crippen molar-refractivity contribution in [1.29, 1.82) is 0 Å². The number of carbonyl (C=O) groups is 2. The SMILES string of the molecule is CC=O.CCC(N)=O.CNCc1ccc(-c2ccc3c(c2)CC[C@H](C)N3C)cc1. The van der Waals surface area contributed by atoms with E-state index in [1.165, 1.54) is 47.7 Å². The van der Waals surface area contributed by atoms with E-state index in [1.807, 2.05) is 7.05 Å². The van der Waals surface area contributed by atoms with Gasteiger partial charge in [-0.3, -0.25) is 4.79 Å². The molecule has 2 aromatic carbocycles. The fourth-order valence-corrected chi connectivity index (χ4v) is 3.12. The van der Waals surface area contributed by atoms with Crippen LogP contribution in [0, 0.1) is 0 Å². The zero-order valence-electron chi connectivity index (χ0n) is 18.4. The number of hydrogen-bond donors (Lipinski definition) is 2. The Morgan fingerprint density at radius 1 is 1.21 bits per heavy atom. The molecular formula is C24H35N3O2. The maximum Gasteiger partial charge on any atom is 0.217 e. The maximum absolute atomic E-state index is 9.59. The van der Waals surface area contributed by atoms with E-state index in [1.54, 1.807) is 6.92 Å². The fraction of sp³-hybridized carbons (Fsp3) is 0.417. The lowest BCUT2D eigenvalue weighted by molar-refractivity contribution is -0.117. The predicted octanol–water partition coefficient (Wildman–Crippen LogP) is 3.93. The van der Waals surface area contributed by atoms with Crippen LogP contribution in [-0.4, -0.2) is 32.3 Å². The number of rotatable bonds is 4. The number of aryl methyl sites for hydroxylation is 1. The van der Waals surface area contributed by atoms with Gasteiger partial charge in [0.2, 0.25) is 5.91 Å². The van der Waals surface area contributed by atoms with Crippen LogP contribution in [0.2, 0.25) is 0 Å². The smallest absolute Gasteiger partial charge is 0.217 e. The van der Waals surface area contributed by atoms with Gasteiger partial charge in [-0.25, -0.2) is 0 Å². The van der Waals surface area contributed by atoms with E-state index in [2.05, 4.69) is 72.4 Å². The number of nitrogens with zero attached hydrogens (tertiary/aromatic N) is 1. The molecule has 29 heavy (non-hydrogen) atoms. The molecule has 0 fully saturated rings. The van der Waals surface area contributed by atoms with Gasteiger partial charge >= 0.3 is 0 Å². The third-order valence-corrected chi connectivity index (χ3v) is 4.97. The van der Waals surface area contributed by atoms with Crippen LogP contribution in [0.3, 0.4) is 0 Å². The molecule has 1 heterocycles. The lowest BCUT2D eigenvalue weighted by atomic mass is 9.93. The average Bonchev–Trinajstić information content (AvgIpc) is 2.72. The summed E-state index contributed by atoms with van der Waals surface area (Å²) in [7, 11) is 4.18. The zero-order chi connectivity index (χ0) is 21.8. The summed E-state index contributed by atoms with van der Waals surface area (Å²) in [5.74, 6) is -0.245. The van der Waals surface area contributed by atoms with Gasteiger partial charge in [0, 0.05) is 31.7 Å². The largest absolute Gasteiger partial charge is 0.372 e. The molecule has 1 aliphatic rings. The Kier molecular flexibility index (Phi) is 10.7. The van der Waals surface area contributed by atoms with Crippen molar-refractivity contribution >= 4 is 17.9 Å². The number of primary amides is 1. The summed E-state index contributed by atoms with van der Waals surface area (Å²) in [4.78, 5) is 20.8. The van der Waals surface area contributed by atoms with Crippen LogP contribution in [-0.2, 0) is 22.6 Å². The summed E-state index contributed by atoms with van der Waals surface area (Å²) in [6, 6.07) is 16.4. The Morgan fingerprint density at radius 3 is 2.28 bits per heavy atom. The molecule has 5 heteroatoms. The monoisotopic (exact) mass is 397 g/mol. The first kappa shape index (κ1) is 24.4. The molecule has 0 bridgehead atoms.